The van der Waals surface area contributed by atoms with E-state index in [9.17, 15) is 9.59 Å². The molecule has 24 heavy (non-hydrogen) atoms. The van der Waals surface area contributed by atoms with Crippen LogP contribution in [-0.2, 0) is 11.2 Å². The number of hydrogen-bond donors (Lipinski definition) is 1. The second-order valence-electron chi connectivity index (χ2n) is 6.53. The van der Waals surface area contributed by atoms with Gasteiger partial charge in [0.25, 0.3) is 5.91 Å². The third-order valence-electron chi connectivity index (χ3n) is 4.30. The normalized spacial score (nSPS) is 14.2. The fourth-order valence-corrected chi connectivity index (χ4v) is 3.12. The molecule has 3 rings (SSSR count). The Morgan fingerprint density at radius 1 is 1.12 bits per heavy atom. The molecule has 1 N–H and O–H groups in total. The summed E-state index contributed by atoms with van der Waals surface area (Å²) in [5, 5.41) is 2.70. The quantitative estimate of drug-likeness (QED) is 0.939. The molecular formula is C20H22N2O2. The van der Waals surface area contributed by atoms with E-state index in [1.54, 1.807) is 24.3 Å². The van der Waals surface area contributed by atoms with Crippen molar-refractivity contribution in [2.45, 2.75) is 20.3 Å². The molecule has 4 nitrogen and oxygen atoms in total. The zero-order valence-electron chi connectivity index (χ0n) is 14.1. The summed E-state index contributed by atoms with van der Waals surface area (Å²) < 4.78 is 0. The van der Waals surface area contributed by atoms with Gasteiger partial charge in [0.15, 0.2) is 0 Å². The SMILES string of the molecule is CC(=O)Nc1ccc(C(=O)N2CC(Cc3cccc(C)c3)C2)cc1. The van der Waals surface area contributed by atoms with Crippen molar-refractivity contribution < 1.29 is 9.59 Å². The van der Waals surface area contributed by atoms with Crippen LogP contribution in [0.25, 0.3) is 0 Å². The van der Waals surface area contributed by atoms with Gasteiger partial charge in [-0.25, -0.2) is 0 Å². The van der Waals surface area contributed by atoms with Crippen LogP contribution >= 0.6 is 0 Å². The number of rotatable bonds is 4. The predicted octanol–water partition coefficient (Wildman–Crippen LogP) is 3.27. The van der Waals surface area contributed by atoms with E-state index >= 15 is 0 Å². The van der Waals surface area contributed by atoms with E-state index < -0.39 is 0 Å². The van der Waals surface area contributed by atoms with Gasteiger partial charge >= 0.3 is 0 Å². The van der Waals surface area contributed by atoms with Crippen molar-refractivity contribution in [2.24, 2.45) is 5.92 Å². The minimum absolute atomic E-state index is 0.0601. The van der Waals surface area contributed by atoms with E-state index in [1.807, 2.05) is 4.90 Å². The van der Waals surface area contributed by atoms with Gasteiger partial charge in [-0.2, -0.15) is 0 Å². The van der Waals surface area contributed by atoms with Crippen molar-refractivity contribution >= 4 is 17.5 Å². The molecule has 1 saturated heterocycles. The molecule has 0 spiro atoms. The number of nitrogens with zero attached hydrogens (tertiary/aromatic N) is 1. The summed E-state index contributed by atoms with van der Waals surface area (Å²) in [4.78, 5) is 25.4. The Labute approximate surface area is 142 Å². The van der Waals surface area contributed by atoms with E-state index in [2.05, 4.69) is 36.5 Å². The molecule has 124 valence electrons. The highest BCUT2D eigenvalue weighted by atomic mass is 16.2. The highest BCUT2D eigenvalue weighted by Crippen LogP contribution is 2.23. The maximum atomic E-state index is 12.5. The van der Waals surface area contributed by atoms with E-state index in [0.29, 0.717) is 17.2 Å². The standard InChI is InChI=1S/C20H22N2O2/c1-14-4-3-5-16(10-14)11-17-12-22(13-17)20(24)18-6-8-19(9-7-18)21-15(2)23/h3-10,17H,11-13H2,1-2H3,(H,21,23). The van der Waals surface area contributed by atoms with E-state index in [0.717, 1.165) is 19.5 Å². The van der Waals surface area contributed by atoms with Crippen molar-refractivity contribution in [1.82, 2.24) is 4.90 Å². The number of nitrogens with one attached hydrogen (secondary N) is 1. The molecule has 0 aliphatic carbocycles. The maximum Gasteiger partial charge on any atom is 0.253 e. The fourth-order valence-electron chi connectivity index (χ4n) is 3.12. The summed E-state index contributed by atoms with van der Waals surface area (Å²) in [6.07, 6.45) is 1.02. The average molecular weight is 322 g/mol. The lowest BCUT2D eigenvalue weighted by atomic mass is 9.91. The third kappa shape index (κ3) is 3.82. The summed E-state index contributed by atoms with van der Waals surface area (Å²) in [7, 11) is 0. The van der Waals surface area contributed by atoms with Gasteiger partial charge in [-0.05, 0) is 49.1 Å². The molecule has 2 aromatic rings. The Balaban J connectivity index is 1.53. The van der Waals surface area contributed by atoms with Gasteiger partial charge in [0.1, 0.15) is 0 Å². The molecule has 0 atom stereocenters. The molecule has 0 bridgehead atoms. The number of hydrogen-bond acceptors (Lipinski definition) is 2. The predicted molar refractivity (Wildman–Crippen MR) is 95.0 cm³/mol. The van der Waals surface area contributed by atoms with Crippen molar-refractivity contribution in [3.05, 3.63) is 65.2 Å². The highest BCUT2D eigenvalue weighted by Gasteiger charge is 2.31. The Morgan fingerprint density at radius 2 is 1.83 bits per heavy atom. The summed E-state index contributed by atoms with van der Waals surface area (Å²) in [6.45, 7) is 5.18. The van der Waals surface area contributed by atoms with E-state index in [-0.39, 0.29) is 11.8 Å². The van der Waals surface area contributed by atoms with Gasteiger partial charge in [-0.1, -0.05) is 29.8 Å². The van der Waals surface area contributed by atoms with Crippen molar-refractivity contribution in [2.75, 3.05) is 18.4 Å². The molecule has 0 radical (unpaired) electrons. The second kappa shape index (κ2) is 6.87. The molecular weight excluding hydrogens is 300 g/mol. The first-order valence-corrected chi connectivity index (χ1v) is 8.24. The first-order valence-electron chi connectivity index (χ1n) is 8.24. The summed E-state index contributed by atoms with van der Waals surface area (Å²) in [6, 6.07) is 15.6. The molecule has 1 aliphatic heterocycles. The lowest BCUT2D eigenvalue weighted by molar-refractivity contribution is -0.114. The summed E-state index contributed by atoms with van der Waals surface area (Å²) in [5.41, 5.74) is 3.99. The third-order valence-corrected chi connectivity index (χ3v) is 4.30. The molecule has 1 aliphatic rings. The lowest BCUT2D eigenvalue weighted by Gasteiger charge is -2.39. The van der Waals surface area contributed by atoms with Crippen molar-refractivity contribution in [1.29, 1.82) is 0 Å². The van der Waals surface area contributed by atoms with Crippen LogP contribution in [0.2, 0.25) is 0 Å². The average Bonchev–Trinajstić information content (AvgIpc) is 2.50. The molecule has 2 amide bonds. The molecule has 4 heteroatoms. The summed E-state index contributed by atoms with van der Waals surface area (Å²) >= 11 is 0. The number of aryl methyl sites for hydroxylation is 1. The zero-order chi connectivity index (χ0) is 17.1. The van der Waals surface area contributed by atoms with E-state index in [1.165, 1.54) is 18.1 Å². The summed E-state index contributed by atoms with van der Waals surface area (Å²) in [5.74, 6) is 0.482. The molecule has 1 heterocycles. The molecule has 0 aromatic heterocycles. The van der Waals surface area contributed by atoms with Crippen LogP contribution in [0.5, 0.6) is 0 Å². The van der Waals surface area contributed by atoms with Gasteiger partial charge in [0, 0.05) is 31.3 Å². The van der Waals surface area contributed by atoms with Crippen LogP contribution in [0.3, 0.4) is 0 Å². The number of amides is 2. The lowest BCUT2D eigenvalue weighted by Crippen LogP contribution is -2.50. The first-order chi connectivity index (χ1) is 11.5. The molecule has 0 unspecified atom stereocenters. The number of carbonyl (C=O) groups excluding carboxylic acids is 2. The Kier molecular flexibility index (Phi) is 4.65. The number of likely N-dealkylation sites (tertiary alicyclic amines) is 1. The van der Waals surface area contributed by atoms with Gasteiger partial charge in [0.2, 0.25) is 5.91 Å². The second-order valence-corrected chi connectivity index (χ2v) is 6.53. The molecule has 0 saturated carbocycles. The monoisotopic (exact) mass is 322 g/mol. The maximum absolute atomic E-state index is 12.5. The Morgan fingerprint density at radius 3 is 2.46 bits per heavy atom. The Bertz CT molecular complexity index is 746. The van der Waals surface area contributed by atoms with Gasteiger partial charge in [-0.3, -0.25) is 9.59 Å². The Hall–Kier alpha value is -2.62. The van der Waals surface area contributed by atoms with Crippen LogP contribution in [0.1, 0.15) is 28.4 Å². The fraction of sp³-hybridized carbons (Fsp3) is 0.300. The van der Waals surface area contributed by atoms with Crippen molar-refractivity contribution in [3.63, 3.8) is 0 Å². The number of carbonyl (C=O) groups is 2. The molecule has 2 aromatic carbocycles. The van der Waals surface area contributed by atoms with Crippen LogP contribution < -0.4 is 5.32 Å². The largest absolute Gasteiger partial charge is 0.338 e. The minimum atomic E-state index is -0.115. The molecule has 1 fully saturated rings. The van der Waals surface area contributed by atoms with Gasteiger partial charge in [-0.15, -0.1) is 0 Å². The van der Waals surface area contributed by atoms with Crippen LogP contribution in [0.15, 0.2) is 48.5 Å². The minimum Gasteiger partial charge on any atom is -0.338 e. The topological polar surface area (TPSA) is 49.4 Å². The van der Waals surface area contributed by atoms with Crippen LogP contribution in [0.4, 0.5) is 5.69 Å². The highest BCUT2D eigenvalue weighted by molar-refractivity contribution is 5.96. The number of anilines is 1. The van der Waals surface area contributed by atoms with E-state index in [4.69, 9.17) is 0 Å². The van der Waals surface area contributed by atoms with Gasteiger partial charge < -0.3 is 10.2 Å². The van der Waals surface area contributed by atoms with Crippen LogP contribution in [0, 0.1) is 12.8 Å². The van der Waals surface area contributed by atoms with Gasteiger partial charge in [0.05, 0.1) is 0 Å². The van der Waals surface area contributed by atoms with Crippen LogP contribution in [-0.4, -0.2) is 29.8 Å². The smallest absolute Gasteiger partial charge is 0.253 e. The first kappa shape index (κ1) is 16.2. The number of benzene rings is 2. The zero-order valence-corrected chi connectivity index (χ0v) is 14.1. The van der Waals surface area contributed by atoms with Crippen molar-refractivity contribution in [3.8, 4) is 0 Å².